The van der Waals surface area contributed by atoms with Gasteiger partial charge in [-0.25, -0.2) is 4.79 Å². The summed E-state index contributed by atoms with van der Waals surface area (Å²) in [6.07, 6.45) is 0. The Kier molecular flexibility index (Phi) is 4.64. The summed E-state index contributed by atoms with van der Waals surface area (Å²) >= 11 is 6.09. The van der Waals surface area contributed by atoms with Crippen LogP contribution in [0.15, 0.2) is 66.7 Å². The van der Waals surface area contributed by atoms with E-state index in [0.29, 0.717) is 33.4 Å². The maximum Gasteiger partial charge on any atom is 0.342 e. The van der Waals surface area contributed by atoms with Crippen molar-refractivity contribution in [3.05, 3.63) is 99.6 Å². The van der Waals surface area contributed by atoms with Crippen LogP contribution in [0.2, 0.25) is 5.02 Å². The Balaban J connectivity index is 1.90. The fourth-order valence-electron chi connectivity index (χ4n) is 3.45. The zero-order valence-electron chi connectivity index (χ0n) is 16.0. The lowest BCUT2D eigenvalue weighted by Crippen LogP contribution is -2.35. The standard InChI is InChI=1S/C24H21ClO3/c1-15(2)17-9-8-16(3)22(14-17)27-24(18-10-12-19(25)13-11-18)21-7-5-4-6-20(21)23(26)28-24/h4-15H,1-3H3. The molecule has 4 rings (SSSR count). The van der Waals surface area contributed by atoms with Crippen LogP contribution < -0.4 is 4.74 Å². The van der Waals surface area contributed by atoms with Crippen LogP contribution in [0.25, 0.3) is 0 Å². The third-order valence-corrected chi connectivity index (χ3v) is 5.35. The predicted octanol–water partition coefficient (Wildman–Crippen LogP) is 6.22. The molecule has 1 unspecified atom stereocenters. The molecular formula is C24H21ClO3. The number of esters is 1. The van der Waals surface area contributed by atoms with Gasteiger partial charge in [0.2, 0.25) is 0 Å². The van der Waals surface area contributed by atoms with Crippen molar-refractivity contribution in [3.63, 3.8) is 0 Å². The Morgan fingerprint density at radius 1 is 1.00 bits per heavy atom. The first-order valence-electron chi connectivity index (χ1n) is 9.29. The van der Waals surface area contributed by atoms with E-state index in [1.807, 2.05) is 49.4 Å². The summed E-state index contributed by atoms with van der Waals surface area (Å²) in [6, 6.07) is 20.7. The molecule has 1 heterocycles. The van der Waals surface area contributed by atoms with Gasteiger partial charge in [0.25, 0.3) is 0 Å². The molecule has 0 saturated carbocycles. The van der Waals surface area contributed by atoms with E-state index in [2.05, 4.69) is 19.9 Å². The normalized spacial score (nSPS) is 18.1. The number of aryl methyl sites for hydroxylation is 1. The van der Waals surface area contributed by atoms with Gasteiger partial charge in [0, 0.05) is 10.6 Å². The lowest BCUT2D eigenvalue weighted by atomic mass is 9.95. The van der Waals surface area contributed by atoms with Gasteiger partial charge in [-0.3, -0.25) is 0 Å². The average Bonchev–Trinajstić information content (AvgIpc) is 2.97. The molecule has 0 radical (unpaired) electrons. The van der Waals surface area contributed by atoms with Gasteiger partial charge in [-0.05, 0) is 66.4 Å². The zero-order chi connectivity index (χ0) is 19.9. The number of carbonyl (C=O) groups excluding carboxylic acids is 1. The molecule has 0 saturated heterocycles. The smallest absolute Gasteiger partial charge is 0.342 e. The van der Waals surface area contributed by atoms with E-state index < -0.39 is 11.8 Å². The molecule has 1 aliphatic rings. The maximum absolute atomic E-state index is 12.6. The van der Waals surface area contributed by atoms with Crippen LogP contribution in [0.5, 0.6) is 5.75 Å². The van der Waals surface area contributed by atoms with Crippen molar-refractivity contribution in [2.45, 2.75) is 32.5 Å². The van der Waals surface area contributed by atoms with Crippen molar-refractivity contribution in [3.8, 4) is 5.75 Å². The van der Waals surface area contributed by atoms with Crippen molar-refractivity contribution in [1.29, 1.82) is 0 Å². The molecule has 28 heavy (non-hydrogen) atoms. The first kappa shape index (κ1) is 18.6. The molecule has 3 nitrogen and oxygen atoms in total. The fourth-order valence-corrected chi connectivity index (χ4v) is 3.57. The van der Waals surface area contributed by atoms with E-state index in [4.69, 9.17) is 21.1 Å². The van der Waals surface area contributed by atoms with Crippen LogP contribution in [-0.2, 0) is 10.5 Å². The highest BCUT2D eigenvalue weighted by Gasteiger charge is 2.49. The summed E-state index contributed by atoms with van der Waals surface area (Å²) in [5, 5.41) is 0.606. The van der Waals surface area contributed by atoms with Crippen molar-refractivity contribution >= 4 is 17.6 Å². The molecule has 1 aliphatic heterocycles. The number of carbonyl (C=O) groups is 1. The number of ether oxygens (including phenoxy) is 2. The van der Waals surface area contributed by atoms with Crippen molar-refractivity contribution in [2.24, 2.45) is 0 Å². The number of benzene rings is 3. The van der Waals surface area contributed by atoms with Crippen LogP contribution >= 0.6 is 11.6 Å². The van der Waals surface area contributed by atoms with Gasteiger partial charge >= 0.3 is 11.8 Å². The lowest BCUT2D eigenvalue weighted by Gasteiger charge is -2.31. The van der Waals surface area contributed by atoms with E-state index in [-0.39, 0.29) is 0 Å². The van der Waals surface area contributed by atoms with E-state index >= 15 is 0 Å². The highest BCUT2D eigenvalue weighted by atomic mass is 35.5. The zero-order valence-corrected chi connectivity index (χ0v) is 16.8. The third-order valence-electron chi connectivity index (χ3n) is 5.09. The molecule has 0 spiro atoms. The van der Waals surface area contributed by atoms with E-state index in [1.54, 1.807) is 18.2 Å². The predicted molar refractivity (Wildman–Crippen MR) is 110 cm³/mol. The molecule has 0 aromatic heterocycles. The Hall–Kier alpha value is -2.78. The molecule has 0 N–H and O–H groups in total. The van der Waals surface area contributed by atoms with Crippen molar-refractivity contribution < 1.29 is 14.3 Å². The van der Waals surface area contributed by atoms with E-state index in [0.717, 1.165) is 11.1 Å². The number of cyclic esters (lactones) is 1. The molecular weight excluding hydrogens is 372 g/mol. The highest BCUT2D eigenvalue weighted by molar-refractivity contribution is 6.30. The Morgan fingerprint density at radius 2 is 1.71 bits per heavy atom. The number of halogens is 1. The molecule has 0 bridgehead atoms. The molecule has 0 aliphatic carbocycles. The number of rotatable bonds is 4. The second-order valence-corrected chi connectivity index (χ2v) is 7.78. The second kappa shape index (κ2) is 6.99. The van der Waals surface area contributed by atoms with Crippen molar-refractivity contribution in [1.82, 2.24) is 0 Å². The molecule has 4 heteroatoms. The summed E-state index contributed by atoms with van der Waals surface area (Å²) in [4.78, 5) is 12.6. The number of hydrogen-bond donors (Lipinski definition) is 0. The minimum Gasteiger partial charge on any atom is -0.444 e. The fraction of sp³-hybridized carbons (Fsp3) is 0.208. The first-order valence-corrected chi connectivity index (χ1v) is 9.67. The largest absolute Gasteiger partial charge is 0.444 e. The molecule has 3 aromatic rings. The Labute approximate surface area is 169 Å². The van der Waals surface area contributed by atoms with Crippen LogP contribution in [0.3, 0.4) is 0 Å². The van der Waals surface area contributed by atoms with Gasteiger partial charge in [-0.2, -0.15) is 0 Å². The average molecular weight is 393 g/mol. The minimum atomic E-state index is -1.35. The van der Waals surface area contributed by atoms with Gasteiger partial charge in [-0.1, -0.05) is 49.7 Å². The Morgan fingerprint density at radius 3 is 2.43 bits per heavy atom. The van der Waals surface area contributed by atoms with Crippen LogP contribution in [0.1, 0.15) is 52.4 Å². The van der Waals surface area contributed by atoms with Crippen molar-refractivity contribution in [2.75, 3.05) is 0 Å². The monoisotopic (exact) mass is 392 g/mol. The van der Waals surface area contributed by atoms with Crippen LogP contribution in [0.4, 0.5) is 0 Å². The highest BCUT2D eigenvalue weighted by Crippen LogP contribution is 2.44. The Bertz CT molecular complexity index is 1040. The second-order valence-electron chi connectivity index (χ2n) is 7.34. The van der Waals surface area contributed by atoms with E-state index in [9.17, 15) is 4.79 Å². The molecule has 0 fully saturated rings. The first-order chi connectivity index (χ1) is 13.4. The third kappa shape index (κ3) is 3.06. The van der Waals surface area contributed by atoms with Crippen LogP contribution in [0, 0.1) is 6.92 Å². The van der Waals surface area contributed by atoms with Gasteiger partial charge in [-0.15, -0.1) is 0 Å². The molecule has 3 aromatic carbocycles. The summed E-state index contributed by atoms with van der Waals surface area (Å²) < 4.78 is 12.4. The summed E-state index contributed by atoms with van der Waals surface area (Å²) in [5.74, 6) is -0.708. The van der Waals surface area contributed by atoms with Gasteiger partial charge in [0.15, 0.2) is 0 Å². The number of hydrogen-bond acceptors (Lipinski definition) is 3. The SMILES string of the molecule is Cc1ccc(C(C)C)cc1OC1(c2ccc(Cl)cc2)OC(=O)c2ccccc21. The van der Waals surface area contributed by atoms with Gasteiger partial charge in [0.05, 0.1) is 11.1 Å². The summed E-state index contributed by atoms with van der Waals surface area (Å²) in [6.45, 7) is 6.25. The molecule has 0 amide bonds. The summed E-state index contributed by atoms with van der Waals surface area (Å²) in [5.41, 5.74) is 4.04. The van der Waals surface area contributed by atoms with E-state index in [1.165, 1.54) is 0 Å². The topological polar surface area (TPSA) is 35.5 Å². The van der Waals surface area contributed by atoms with Gasteiger partial charge < -0.3 is 9.47 Å². The molecule has 1 atom stereocenters. The van der Waals surface area contributed by atoms with Crippen LogP contribution in [-0.4, -0.2) is 5.97 Å². The molecule has 142 valence electrons. The maximum atomic E-state index is 12.6. The minimum absolute atomic E-state index is 0.354. The quantitative estimate of drug-likeness (QED) is 0.494. The summed E-state index contributed by atoms with van der Waals surface area (Å²) in [7, 11) is 0. The van der Waals surface area contributed by atoms with Gasteiger partial charge in [0.1, 0.15) is 5.75 Å². The lowest BCUT2D eigenvalue weighted by molar-refractivity contribution is -0.109. The number of fused-ring (bicyclic) bond motifs is 1.